The van der Waals surface area contributed by atoms with Crippen LogP contribution in [0.15, 0.2) is 23.3 Å². The van der Waals surface area contributed by atoms with Crippen LogP contribution in [-0.4, -0.2) is 127 Å². The van der Waals surface area contributed by atoms with Crippen LogP contribution in [0, 0.1) is 29.6 Å². The average Bonchev–Trinajstić information content (AvgIpc) is 3.23. The summed E-state index contributed by atoms with van der Waals surface area (Å²) in [5.74, 6) is -8.89. The number of carbonyl (C=O) groups excluding carboxylic acids is 4. The lowest BCUT2D eigenvalue weighted by molar-refractivity contribution is -0.302. The minimum atomic E-state index is -2.60. The van der Waals surface area contributed by atoms with E-state index >= 15 is 4.39 Å². The number of cyclic esters (lactones) is 1. The number of unbranched alkanes of at least 4 members (excludes halogenated alkanes) is 1. The largest absolute Gasteiger partial charge is 0.456 e. The van der Waals surface area contributed by atoms with Gasteiger partial charge in [0.05, 0.1) is 24.4 Å². The number of nitrogens with two attached hydrogens (primary N) is 1. The number of halogens is 1. The molecule has 3 aliphatic heterocycles. The van der Waals surface area contributed by atoms with Gasteiger partial charge in [-0.15, -0.1) is 0 Å². The van der Waals surface area contributed by atoms with Gasteiger partial charge >= 0.3 is 5.97 Å². The van der Waals surface area contributed by atoms with E-state index in [1.807, 2.05) is 19.9 Å². The Bertz CT molecular complexity index is 1520. The van der Waals surface area contributed by atoms with Gasteiger partial charge in [-0.25, -0.2) is 9.18 Å². The molecule has 4 N–H and O–H groups in total. The lowest BCUT2D eigenvalue weighted by Crippen LogP contribution is -2.64. The van der Waals surface area contributed by atoms with Crippen LogP contribution in [0.5, 0.6) is 0 Å². The number of methoxy groups -OCH3 is 2. The molecule has 0 spiro atoms. The standard InChI is InChI=1S/C46H75FN2O11/c1-10-12-19-58-37-24-31(16-17-33(37)48)20-28(5)41-30(7)35(50)25-36(51)32(11-2)21-26(3)40(47)27(4)22-38(56-8)42-39(57-9)23-29(6)46(55,60-42)43(52)44(53)49-18-14-13-15-34(49)45(54)59-41/h20-21,27,29-35,37-42,50,55H,10-19,22-25,48H2,1-9H3/b26-21+,28-20?. The minimum absolute atomic E-state index is 0.0442. The van der Waals surface area contributed by atoms with Gasteiger partial charge in [0.2, 0.25) is 5.79 Å². The molecule has 13 nitrogen and oxygen atoms in total. The monoisotopic (exact) mass is 851 g/mol. The molecule has 1 saturated carbocycles. The first kappa shape index (κ1) is 50.1. The minimum Gasteiger partial charge on any atom is -0.456 e. The predicted octanol–water partition coefficient (Wildman–Crippen LogP) is 5.56. The summed E-state index contributed by atoms with van der Waals surface area (Å²) in [4.78, 5) is 57.9. The maximum atomic E-state index is 16.3. The van der Waals surface area contributed by atoms with Gasteiger partial charge in [-0.3, -0.25) is 14.4 Å². The molecule has 15 unspecified atom stereocenters. The number of carbonyl (C=O) groups is 4. The molecule has 1 amide bonds. The number of nitrogens with zero attached hydrogens (tertiary/aromatic N) is 1. The van der Waals surface area contributed by atoms with Crippen molar-refractivity contribution in [2.24, 2.45) is 35.3 Å². The second-order valence-electron chi connectivity index (χ2n) is 18.2. The van der Waals surface area contributed by atoms with Crippen molar-refractivity contribution >= 4 is 23.4 Å². The van der Waals surface area contributed by atoms with Gasteiger partial charge in [-0.05, 0) is 101 Å². The summed E-state index contributed by atoms with van der Waals surface area (Å²) < 4.78 is 46.5. The van der Waals surface area contributed by atoms with Crippen molar-refractivity contribution in [2.75, 3.05) is 27.4 Å². The highest BCUT2D eigenvalue weighted by atomic mass is 19.1. The van der Waals surface area contributed by atoms with E-state index in [-0.39, 0.29) is 56.1 Å². The van der Waals surface area contributed by atoms with Gasteiger partial charge in [0.15, 0.2) is 0 Å². The summed E-state index contributed by atoms with van der Waals surface area (Å²) in [6.45, 7) is 13.1. The lowest BCUT2D eigenvalue weighted by Gasteiger charge is -2.47. The van der Waals surface area contributed by atoms with Crippen LogP contribution in [-0.2, 0) is 42.9 Å². The number of alkyl halides is 1. The number of aliphatic hydroxyl groups is 2. The van der Waals surface area contributed by atoms with Crippen molar-refractivity contribution < 1.29 is 57.5 Å². The molecule has 2 bridgehead atoms. The van der Waals surface area contributed by atoms with E-state index in [9.17, 15) is 29.4 Å². The number of ketones is 2. The molecule has 3 fully saturated rings. The molecule has 0 aromatic rings. The maximum Gasteiger partial charge on any atom is 0.329 e. The molecule has 0 aromatic heterocycles. The number of rotatable bonds is 9. The van der Waals surface area contributed by atoms with Crippen molar-refractivity contribution in [3.05, 3.63) is 23.3 Å². The third kappa shape index (κ3) is 11.9. The molecule has 0 aromatic carbocycles. The third-order valence-electron chi connectivity index (χ3n) is 13.7. The molecule has 14 heteroatoms. The second-order valence-corrected chi connectivity index (χ2v) is 18.2. The third-order valence-corrected chi connectivity index (χ3v) is 13.7. The zero-order chi connectivity index (χ0) is 44.5. The number of esters is 1. The van der Waals surface area contributed by atoms with E-state index in [0.29, 0.717) is 43.4 Å². The van der Waals surface area contributed by atoms with Crippen molar-refractivity contribution in [2.45, 2.75) is 186 Å². The normalized spacial score (nSPS) is 40.9. The molecule has 15 atom stereocenters. The number of aliphatic hydroxyl groups excluding tert-OH is 1. The highest BCUT2D eigenvalue weighted by Gasteiger charge is 2.57. The summed E-state index contributed by atoms with van der Waals surface area (Å²) in [6, 6.07) is -1.26. The van der Waals surface area contributed by atoms with E-state index in [1.165, 1.54) is 14.2 Å². The first-order chi connectivity index (χ1) is 28.4. The van der Waals surface area contributed by atoms with Crippen molar-refractivity contribution in [1.29, 1.82) is 0 Å². The van der Waals surface area contributed by atoms with Crippen LogP contribution >= 0.6 is 0 Å². The van der Waals surface area contributed by atoms with Crippen LogP contribution in [0.1, 0.15) is 126 Å². The van der Waals surface area contributed by atoms with Crippen molar-refractivity contribution in [1.82, 2.24) is 4.90 Å². The van der Waals surface area contributed by atoms with E-state index in [4.69, 9.17) is 29.4 Å². The fourth-order valence-electron chi connectivity index (χ4n) is 9.65. The summed E-state index contributed by atoms with van der Waals surface area (Å²) >= 11 is 0. The highest BCUT2D eigenvalue weighted by molar-refractivity contribution is 6.39. The highest BCUT2D eigenvalue weighted by Crippen LogP contribution is 2.39. The zero-order valence-corrected chi connectivity index (χ0v) is 37.6. The molecule has 2 saturated heterocycles. The van der Waals surface area contributed by atoms with E-state index in [0.717, 1.165) is 30.6 Å². The van der Waals surface area contributed by atoms with Crippen molar-refractivity contribution in [3.8, 4) is 0 Å². The number of Topliss-reactive ketones (excluding diaryl/α,β-unsaturated/α-hetero) is 2. The van der Waals surface area contributed by atoms with Crippen LogP contribution in [0.2, 0.25) is 0 Å². The number of ether oxygens (including phenoxy) is 5. The van der Waals surface area contributed by atoms with Crippen LogP contribution in [0.4, 0.5) is 4.39 Å². The second kappa shape index (κ2) is 22.7. The molecule has 3 heterocycles. The van der Waals surface area contributed by atoms with Gasteiger partial charge in [0.25, 0.3) is 11.7 Å². The Kier molecular flexibility index (Phi) is 18.9. The summed E-state index contributed by atoms with van der Waals surface area (Å²) in [6.07, 6.45) is 2.97. The Morgan fingerprint density at radius 3 is 2.35 bits per heavy atom. The molecule has 60 heavy (non-hydrogen) atoms. The molecular weight excluding hydrogens is 776 g/mol. The Labute approximate surface area is 357 Å². The molecule has 4 rings (SSSR count). The predicted molar refractivity (Wildman–Crippen MR) is 224 cm³/mol. The number of hydrogen-bond donors (Lipinski definition) is 3. The molecular formula is C46H75FN2O11. The van der Waals surface area contributed by atoms with Gasteiger partial charge in [-0.2, -0.15) is 0 Å². The first-order valence-electron chi connectivity index (χ1n) is 22.5. The summed E-state index contributed by atoms with van der Waals surface area (Å²) in [7, 11) is 2.89. The van der Waals surface area contributed by atoms with E-state index < -0.39 is 89.9 Å². The lowest BCUT2D eigenvalue weighted by atomic mass is 9.81. The Hall–Kier alpha value is -2.59. The number of amides is 1. The SMILES string of the molecule is CCCCOC1CC(C=C(C)C2OC(=O)C3CCCCN3C(=O)C(=O)C3(O)OC(C(OC)CC(C)C(F)/C(C)=C/C(CC)C(=O)CC(O)C2C)C(OC)CC3C)CCC1N. The van der Waals surface area contributed by atoms with Crippen LogP contribution in [0.25, 0.3) is 0 Å². The van der Waals surface area contributed by atoms with E-state index in [2.05, 4.69) is 6.92 Å². The van der Waals surface area contributed by atoms with E-state index in [1.54, 1.807) is 33.8 Å². The fraction of sp³-hybridized carbons (Fsp3) is 0.826. The quantitative estimate of drug-likeness (QED) is 0.114. The zero-order valence-electron chi connectivity index (χ0n) is 37.6. The Morgan fingerprint density at radius 1 is 1.02 bits per heavy atom. The number of hydrogen-bond acceptors (Lipinski definition) is 12. The summed E-state index contributed by atoms with van der Waals surface area (Å²) in [5.41, 5.74) is 7.47. The molecule has 0 radical (unpaired) electrons. The van der Waals surface area contributed by atoms with Gasteiger partial charge in [-0.1, -0.05) is 53.2 Å². The molecule has 4 aliphatic rings. The van der Waals surface area contributed by atoms with Crippen LogP contribution in [0.3, 0.4) is 0 Å². The average molecular weight is 851 g/mol. The maximum absolute atomic E-state index is 16.3. The van der Waals surface area contributed by atoms with Crippen LogP contribution < -0.4 is 5.73 Å². The van der Waals surface area contributed by atoms with Crippen molar-refractivity contribution in [3.63, 3.8) is 0 Å². The number of piperidine rings is 1. The topological polar surface area (TPSA) is 184 Å². The smallest absolute Gasteiger partial charge is 0.329 e. The number of allylic oxidation sites excluding steroid dienone is 3. The Morgan fingerprint density at radius 2 is 1.70 bits per heavy atom. The first-order valence-corrected chi connectivity index (χ1v) is 22.5. The number of fused-ring (bicyclic) bond motifs is 3. The van der Waals surface area contributed by atoms with Gasteiger partial charge in [0.1, 0.15) is 30.2 Å². The fourth-order valence-corrected chi connectivity index (χ4v) is 9.65. The van der Waals surface area contributed by atoms with Gasteiger partial charge < -0.3 is 44.5 Å². The van der Waals surface area contributed by atoms with Gasteiger partial charge in [0, 0.05) is 57.6 Å². The molecule has 1 aliphatic carbocycles. The Balaban J connectivity index is 1.77. The molecule has 342 valence electrons. The summed E-state index contributed by atoms with van der Waals surface area (Å²) in [5, 5.41) is 23.8.